The van der Waals surface area contributed by atoms with Gasteiger partial charge in [-0.3, -0.25) is 4.79 Å². The molecule has 2 nitrogen and oxygen atoms in total. The molecular weight excluding hydrogens is 248 g/mol. The number of halogens is 2. The Kier molecular flexibility index (Phi) is 2.31. The lowest BCUT2D eigenvalue weighted by atomic mass is 10.4. The highest BCUT2D eigenvalue weighted by Crippen LogP contribution is 2.22. The van der Waals surface area contributed by atoms with Crippen molar-refractivity contribution in [2.75, 3.05) is 0 Å². The van der Waals surface area contributed by atoms with Crippen molar-refractivity contribution in [2.24, 2.45) is 5.73 Å². The number of nitrogens with two attached hydrogens (primary N) is 1. The molecule has 1 amide bonds. The molecule has 0 atom stereocenters. The number of rotatable bonds is 1. The van der Waals surface area contributed by atoms with E-state index in [9.17, 15) is 9.18 Å². The van der Waals surface area contributed by atoms with E-state index in [1.54, 1.807) is 10.1 Å². The highest BCUT2D eigenvalue weighted by Gasteiger charge is 2.09. The van der Waals surface area contributed by atoms with Crippen molar-refractivity contribution < 1.29 is 9.18 Å². The number of hydrogen-bond donors (Lipinski definition) is 1. The first-order valence-electron chi connectivity index (χ1n) is 2.54. The van der Waals surface area contributed by atoms with Gasteiger partial charge >= 0.3 is 0 Å². The Hall–Kier alpha value is -0.520. The predicted molar refractivity (Wildman–Crippen MR) is 46.6 cm³/mol. The second kappa shape index (κ2) is 3.05. The van der Waals surface area contributed by atoms with Gasteiger partial charge < -0.3 is 5.73 Å². The van der Waals surface area contributed by atoms with Gasteiger partial charge in [0.25, 0.3) is 5.91 Å². The van der Waals surface area contributed by atoms with Crippen molar-refractivity contribution in [2.45, 2.75) is 0 Å². The summed E-state index contributed by atoms with van der Waals surface area (Å²) in [5.74, 6) is -1.10. The third-order valence-electron chi connectivity index (χ3n) is 0.913. The van der Waals surface area contributed by atoms with Crippen molar-refractivity contribution in [1.82, 2.24) is 0 Å². The molecule has 0 fully saturated rings. The summed E-state index contributed by atoms with van der Waals surface area (Å²) in [4.78, 5) is 10.5. The van der Waals surface area contributed by atoms with E-state index < -0.39 is 32.5 Å². The van der Waals surface area contributed by atoms with E-state index in [1.165, 1.54) is 6.08 Å². The molecule has 2 N–H and O–H groups in total. The lowest BCUT2D eigenvalue weighted by Gasteiger charge is -1.97. The van der Waals surface area contributed by atoms with Gasteiger partial charge in [0.2, 0.25) is 0 Å². The van der Waals surface area contributed by atoms with Gasteiger partial charge in [0.15, 0.2) is 0 Å². The van der Waals surface area contributed by atoms with E-state index in [-0.39, 0.29) is 3.58 Å². The van der Waals surface area contributed by atoms with E-state index in [2.05, 4.69) is 0 Å². The normalized spacial score (nSPS) is 16.9. The average Bonchev–Trinajstić information content (AvgIpc) is 1.88. The molecule has 0 unspecified atom stereocenters. The first-order valence-corrected chi connectivity index (χ1v) is 4.87. The lowest BCUT2D eigenvalue weighted by Crippen LogP contribution is -2.11. The number of hydrogen-bond acceptors (Lipinski definition) is 1. The molecule has 0 saturated carbocycles. The largest absolute Gasteiger partial charge is 0.365 e. The van der Waals surface area contributed by atoms with E-state index in [0.29, 0.717) is 0 Å². The van der Waals surface area contributed by atoms with Crippen LogP contribution in [0.1, 0.15) is 0 Å². The molecule has 1 heterocycles. The number of allylic oxidation sites excluding steroid dienone is 3. The van der Waals surface area contributed by atoms with Crippen molar-refractivity contribution in [3.63, 3.8) is 0 Å². The zero-order valence-electron chi connectivity index (χ0n) is 4.97. The minimum Gasteiger partial charge on any atom is -0.365 e. The van der Waals surface area contributed by atoms with Gasteiger partial charge in [-0.05, 0) is 10.1 Å². The van der Waals surface area contributed by atoms with Crippen LogP contribution in [0.5, 0.6) is 0 Å². The Bertz CT molecular complexity index is 254. The predicted octanol–water partition coefficient (Wildman–Crippen LogP) is 0.996. The standard InChI is InChI=1S/C6H5FINO/c7-4-2-1-3-8-5(4)6(9)10/h1-3H,(H2,9,10). The van der Waals surface area contributed by atoms with Crippen molar-refractivity contribution >= 4 is 30.6 Å². The van der Waals surface area contributed by atoms with E-state index >= 15 is 0 Å². The molecular formula is C6H5FINO. The average molecular weight is 253 g/mol. The minimum atomic E-state index is -0.633. The Labute approximate surface area is 67.3 Å². The minimum absolute atomic E-state index is 0.168. The Morgan fingerprint density at radius 1 is 1.70 bits per heavy atom. The van der Waals surface area contributed by atoms with Crippen LogP contribution in [0.15, 0.2) is 21.6 Å². The smallest absolute Gasteiger partial charge is 0.257 e. The summed E-state index contributed by atoms with van der Waals surface area (Å²) in [5.41, 5.74) is 4.89. The molecule has 0 spiro atoms. The van der Waals surface area contributed by atoms with E-state index in [4.69, 9.17) is 5.73 Å². The van der Waals surface area contributed by atoms with Gasteiger partial charge in [-0.25, -0.2) is 4.39 Å². The third kappa shape index (κ3) is 1.50. The SMILES string of the molecule is NC(=O)C1=C(F)C=CC=I1. The maximum absolute atomic E-state index is 12.6. The van der Waals surface area contributed by atoms with Crippen LogP contribution >= 0.6 is 20.7 Å². The molecule has 1 aliphatic rings. The summed E-state index contributed by atoms with van der Waals surface area (Å²) >= 11 is -0.613. The van der Waals surface area contributed by atoms with Gasteiger partial charge in [-0.2, -0.15) is 0 Å². The molecule has 0 aliphatic carbocycles. The summed E-state index contributed by atoms with van der Waals surface area (Å²) < 4.78 is 14.6. The zero-order chi connectivity index (χ0) is 7.56. The molecule has 0 bridgehead atoms. The Balaban J connectivity index is 3.04. The van der Waals surface area contributed by atoms with E-state index in [0.717, 1.165) is 0 Å². The van der Waals surface area contributed by atoms with Crippen LogP contribution in [0, 0.1) is 0 Å². The zero-order valence-corrected chi connectivity index (χ0v) is 7.13. The summed E-state index contributed by atoms with van der Waals surface area (Å²) in [6, 6.07) is 0. The first-order chi connectivity index (χ1) is 4.72. The maximum atomic E-state index is 12.6. The second-order valence-electron chi connectivity index (χ2n) is 1.62. The molecule has 0 aromatic rings. The van der Waals surface area contributed by atoms with Gasteiger partial charge in [-0.15, -0.1) is 0 Å². The summed E-state index contributed by atoms with van der Waals surface area (Å²) in [7, 11) is 0. The summed E-state index contributed by atoms with van der Waals surface area (Å²) in [6.45, 7) is 0. The number of carbonyl (C=O) groups excluding carboxylic acids is 1. The lowest BCUT2D eigenvalue weighted by molar-refractivity contribution is -0.113. The quantitative estimate of drug-likeness (QED) is 0.696. The van der Waals surface area contributed by atoms with Crippen LogP contribution in [-0.4, -0.2) is 9.92 Å². The van der Waals surface area contributed by atoms with Crippen molar-refractivity contribution in [3.8, 4) is 0 Å². The fourth-order valence-corrected chi connectivity index (χ4v) is 2.08. The van der Waals surface area contributed by atoms with Crippen LogP contribution in [0.25, 0.3) is 0 Å². The van der Waals surface area contributed by atoms with Crippen LogP contribution < -0.4 is 5.73 Å². The van der Waals surface area contributed by atoms with Crippen molar-refractivity contribution in [1.29, 1.82) is 0 Å². The molecule has 10 heavy (non-hydrogen) atoms. The van der Waals surface area contributed by atoms with Crippen LogP contribution in [0.2, 0.25) is 0 Å². The molecule has 0 saturated heterocycles. The third-order valence-corrected chi connectivity index (χ3v) is 3.36. The fourth-order valence-electron chi connectivity index (χ4n) is 0.517. The van der Waals surface area contributed by atoms with Gasteiger partial charge in [0, 0.05) is 0 Å². The molecule has 54 valence electrons. The summed E-state index contributed by atoms with van der Waals surface area (Å²) in [5, 5.41) is 0. The topological polar surface area (TPSA) is 43.1 Å². The molecule has 0 aromatic carbocycles. The second-order valence-corrected chi connectivity index (χ2v) is 4.04. The maximum Gasteiger partial charge on any atom is 0.257 e. The van der Waals surface area contributed by atoms with Gasteiger partial charge in [-0.1, -0.05) is 26.8 Å². The number of amides is 1. The van der Waals surface area contributed by atoms with Crippen LogP contribution in [0.4, 0.5) is 4.39 Å². The monoisotopic (exact) mass is 253 g/mol. The summed E-state index contributed by atoms with van der Waals surface area (Å²) in [6.07, 6.45) is 2.86. The van der Waals surface area contributed by atoms with Crippen LogP contribution in [-0.2, 0) is 4.79 Å². The van der Waals surface area contributed by atoms with E-state index in [1.807, 2.05) is 0 Å². The Morgan fingerprint density at radius 2 is 2.40 bits per heavy atom. The highest BCUT2D eigenvalue weighted by atomic mass is 127. The van der Waals surface area contributed by atoms with Gasteiger partial charge in [0.1, 0.15) is 9.41 Å². The Morgan fingerprint density at radius 3 is 2.80 bits per heavy atom. The molecule has 0 aromatic heterocycles. The number of carbonyl (C=O) groups is 1. The van der Waals surface area contributed by atoms with Gasteiger partial charge in [0.05, 0.1) is 0 Å². The number of primary amides is 1. The molecule has 1 rings (SSSR count). The fraction of sp³-hybridized carbons (Fsp3) is 0. The van der Waals surface area contributed by atoms with Crippen molar-refractivity contribution in [3.05, 3.63) is 21.6 Å². The highest BCUT2D eigenvalue weighted by molar-refractivity contribution is 14.2. The molecule has 0 radical (unpaired) electrons. The molecule has 1 aliphatic heterocycles. The first kappa shape index (κ1) is 7.59. The van der Waals surface area contributed by atoms with Crippen LogP contribution in [0.3, 0.4) is 0 Å². The molecule has 4 heteroatoms.